The minimum Gasteiger partial charge on any atom is -0.377 e. The number of unbranched alkanes of at least 4 members (excludes halogenated alkanes) is 1. The molecule has 0 spiro atoms. The highest BCUT2D eigenvalue weighted by atomic mass is 32.2. The topological polar surface area (TPSA) is 149 Å². The molecule has 1 amide bonds. The van der Waals surface area contributed by atoms with Crippen LogP contribution in [0, 0.1) is 20.8 Å². The fourth-order valence-corrected chi connectivity index (χ4v) is 8.08. The van der Waals surface area contributed by atoms with Gasteiger partial charge in [-0.3, -0.25) is 18.9 Å². The van der Waals surface area contributed by atoms with Gasteiger partial charge in [0.1, 0.15) is 11.6 Å². The molecule has 1 aliphatic heterocycles. The molecule has 1 aliphatic rings. The van der Waals surface area contributed by atoms with Crippen molar-refractivity contribution in [3.63, 3.8) is 0 Å². The lowest BCUT2D eigenvalue weighted by atomic mass is 9.97. The van der Waals surface area contributed by atoms with E-state index in [1.54, 1.807) is 42.7 Å². The van der Waals surface area contributed by atoms with Gasteiger partial charge in [-0.1, -0.05) is 54.9 Å². The van der Waals surface area contributed by atoms with Crippen molar-refractivity contribution in [3.8, 4) is 11.1 Å². The molecule has 3 heterocycles. The van der Waals surface area contributed by atoms with Crippen LogP contribution in [0.2, 0.25) is 0 Å². The second kappa shape index (κ2) is 17.5. The SMILES string of the molecule is CCCCc1nc(C)c(CC(=O)N(CC)C2CCNCC2)c(=O)n1Cc1ccc(-c2ccccc2S(=O)(=O)Nc2noc(C)c2C)c(COCC)c1. The van der Waals surface area contributed by atoms with Crippen molar-refractivity contribution in [3.05, 3.63) is 92.4 Å². The number of rotatable bonds is 16. The Balaban J connectivity index is 1.52. The molecule has 0 saturated carbocycles. The van der Waals surface area contributed by atoms with Gasteiger partial charge in [0.2, 0.25) is 5.91 Å². The zero-order chi connectivity index (χ0) is 37.4. The highest BCUT2D eigenvalue weighted by Gasteiger charge is 2.27. The van der Waals surface area contributed by atoms with Crippen LogP contribution >= 0.6 is 0 Å². The number of likely N-dealkylation sites (N-methyl/N-ethyl adjacent to an activating group) is 1. The van der Waals surface area contributed by atoms with Crippen LogP contribution in [0.25, 0.3) is 11.1 Å². The van der Waals surface area contributed by atoms with Gasteiger partial charge in [-0.15, -0.1) is 0 Å². The number of hydrogen-bond acceptors (Lipinski definition) is 9. The summed E-state index contributed by atoms with van der Waals surface area (Å²) < 4.78 is 42.8. The molecule has 0 aliphatic carbocycles. The Bertz CT molecular complexity index is 2030. The monoisotopic (exact) mass is 732 g/mol. The minimum atomic E-state index is -4.05. The van der Waals surface area contributed by atoms with Crippen molar-refractivity contribution in [1.29, 1.82) is 0 Å². The van der Waals surface area contributed by atoms with Gasteiger partial charge in [-0.05, 0) is 89.7 Å². The Morgan fingerprint density at radius 1 is 1.08 bits per heavy atom. The summed E-state index contributed by atoms with van der Waals surface area (Å²) in [6.45, 7) is 14.6. The molecule has 2 aromatic heterocycles. The van der Waals surface area contributed by atoms with Crippen LogP contribution in [0.3, 0.4) is 0 Å². The largest absolute Gasteiger partial charge is 0.377 e. The molecule has 0 bridgehead atoms. The second-order valence-corrected chi connectivity index (χ2v) is 15.0. The van der Waals surface area contributed by atoms with Gasteiger partial charge in [0.25, 0.3) is 15.6 Å². The first-order chi connectivity index (χ1) is 25.0. The minimum absolute atomic E-state index is 0.00471. The number of hydrogen-bond donors (Lipinski definition) is 2. The van der Waals surface area contributed by atoms with Crippen molar-refractivity contribution >= 4 is 21.7 Å². The third-order valence-corrected chi connectivity index (χ3v) is 11.3. The zero-order valence-corrected chi connectivity index (χ0v) is 32.1. The van der Waals surface area contributed by atoms with Crippen LogP contribution in [0.15, 0.2) is 56.7 Å². The fraction of sp³-hybridized carbons (Fsp3) is 0.487. The van der Waals surface area contributed by atoms with Crippen molar-refractivity contribution in [2.45, 2.75) is 104 Å². The van der Waals surface area contributed by atoms with Crippen LogP contribution in [0.1, 0.15) is 86.0 Å². The van der Waals surface area contributed by atoms with Crippen molar-refractivity contribution in [1.82, 2.24) is 24.9 Å². The summed E-state index contributed by atoms with van der Waals surface area (Å²) in [4.78, 5) is 34.9. The third-order valence-electron chi connectivity index (χ3n) is 9.87. The van der Waals surface area contributed by atoms with Gasteiger partial charge in [-0.25, -0.2) is 13.4 Å². The molecule has 0 unspecified atom stereocenters. The highest BCUT2D eigenvalue weighted by Crippen LogP contribution is 2.33. The van der Waals surface area contributed by atoms with Gasteiger partial charge < -0.3 is 19.5 Å². The third kappa shape index (κ3) is 8.82. The number of ether oxygens (including phenoxy) is 1. The molecule has 280 valence electrons. The first-order valence-electron chi connectivity index (χ1n) is 18.3. The Morgan fingerprint density at radius 2 is 1.83 bits per heavy atom. The summed E-state index contributed by atoms with van der Waals surface area (Å²) in [5.41, 5.74) is 4.22. The number of sulfonamides is 1. The zero-order valence-electron chi connectivity index (χ0n) is 31.3. The number of benzene rings is 2. The van der Waals surface area contributed by atoms with Crippen LogP contribution in [-0.4, -0.2) is 66.2 Å². The van der Waals surface area contributed by atoms with E-state index in [1.807, 2.05) is 43.9 Å². The van der Waals surface area contributed by atoms with Crippen molar-refractivity contribution in [2.24, 2.45) is 0 Å². The summed E-state index contributed by atoms with van der Waals surface area (Å²) in [6.07, 6.45) is 4.23. The Kier molecular flexibility index (Phi) is 13.1. The van der Waals surface area contributed by atoms with E-state index in [9.17, 15) is 18.0 Å². The normalized spacial score (nSPS) is 13.7. The average Bonchev–Trinajstić information content (AvgIpc) is 3.45. The maximum Gasteiger partial charge on any atom is 0.263 e. The van der Waals surface area contributed by atoms with Crippen LogP contribution < -0.4 is 15.6 Å². The number of carbonyl (C=O) groups is 1. The quantitative estimate of drug-likeness (QED) is 0.148. The number of nitrogens with zero attached hydrogens (tertiary/aromatic N) is 4. The van der Waals surface area contributed by atoms with Gasteiger partial charge in [0, 0.05) is 48.0 Å². The van der Waals surface area contributed by atoms with Gasteiger partial charge >= 0.3 is 0 Å². The maximum absolute atomic E-state index is 14.3. The van der Waals surface area contributed by atoms with Crippen LogP contribution in [0.4, 0.5) is 5.82 Å². The molecule has 0 radical (unpaired) electrons. The summed E-state index contributed by atoms with van der Waals surface area (Å²) in [6, 6.07) is 12.7. The molecule has 1 fully saturated rings. The van der Waals surface area contributed by atoms with E-state index in [1.165, 1.54) is 0 Å². The van der Waals surface area contributed by atoms with E-state index in [-0.39, 0.29) is 47.8 Å². The lowest BCUT2D eigenvalue weighted by Crippen LogP contribution is -2.47. The lowest BCUT2D eigenvalue weighted by Gasteiger charge is -2.34. The van der Waals surface area contributed by atoms with E-state index >= 15 is 0 Å². The summed E-state index contributed by atoms with van der Waals surface area (Å²) in [5.74, 6) is 1.30. The molecule has 1 saturated heterocycles. The summed E-state index contributed by atoms with van der Waals surface area (Å²) in [7, 11) is -4.05. The van der Waals surface area contributed by atoms with Gasteiger partial charge in [-0.2, -0.15) is 0 Å². The standard InChI is InChI=1S/C39H52N6O6S/c1-7-10-15-36-41-27(5)34(23-37(46)44(8-2)31-18-20-40-21-19-31)39(47)45(36)24-29-16-17-32(30(22-29)25-50-9-3)33-13-11-12-14-35(33)52(48,49)43-38-26(4)28(6)51-42-38/h11-14,16-17,22,31,40H,7-10,15,18-21,23-25H2,1-6H3,(H,42,43). The van der Waals surface area contributed by atoms with Gasteiger partial charge in [0.05, 0.1) is 24.5 Å². The van der Waals surface area contributed by atoms with E-state index in [0.717, 1.165) is 49.9 Å². The summed E-state index contributed by atoms with van der Waals surface area (Å²) >= 11 is 0. The van der Waals surface area contributed by atoms with E-state index in [4.69, 9.17) is 14.2 Å². The summed E-state index contributed by atoms with van der Waals surface area (Å²) in [5, 5.41) is 7.25. The van der Waals surface area contributed by atoms with E-state index in [0.29, 0.717) is 59.1 Å². The average molecular weight is 733 g/mol. The Morgan fingerprint density at radius 3 is 2.50 bits per heavy atom. The molecule has 0 atom stereocenters. The molecule has 5 rings (SSSR count). The predicted molar refractivity (Wildman–Crippen MR) is 202 cm³/mol. The number of piperidine rings is 1. The van der Waals surface area contributed by atoms with Gasteiger partial charge in [0.15, 0.2) is 5.82 Å². The molecule has 12 nitrogen and oxygen atoms in total. The molecule has 13 heteroatoms. The molecule has 52 heavy (non-hydrogen) atoms. The number of aromatic nitrogens is 3. The second-order valence-electron chi connectivity index (χ2n) is 13.4. The van der Waals surface area contributed by atoms with Crippen LogP contribution in [-0.2, 0) is 45.5 Å². The molecular formula is C39H52N6O6S. The number of aryl methyl sites for hydroxylation is 3. The Labute approximate surface area is 307 Å². The predicted octanol–water partition coefficient (Wildman–Crippen LogP) is 5.69. The first kappa shape index (κ1) is 38.9. The highest BCUT2D eigenvalue weighted by molar-refractivity contribution is 7.92. The number of nitrogens with one attached hydrogen (secondary N) is 2. The lowest BCUT2D eigenvalue weighted by molar-refractivity contribution is -0.133. The van der Waals surface area contributed by atoms with E-state index in [2.05, 4.69) is 22.1 Å². The molecule has 2 aromatic carbocycles. The van der Waals surface area contributed by atoms with E-state index < -0.39 is 10.0 Å². The number of amides is 1. The fourth-order valence-electron chi connectivity index (χ4n) is 6.80. The maximum atomic E-state index is 14.3. The van der Waals surface area contributed by atoms with Crippen LogP contribution in [0.5, 0.6) is 0 Å². The first-order valence-corrected chi connectivity index (χ1v) is 19.8. The Hall–Kier alpha value is -4.33. The molecule has 4 aromatic rings. The molecular weight excluding hydrogens is 681 g/mol. The molecule has 2 N–H and O–H groups in total. The number of carbonyl (C=O) groups excluding carboxylic acids is 1. The van der Waals surface area contributed by atoms with Crippen molar-refractivity contribution in [2.75, 3.05) is 31.0 Å². The smallest absolute Gasteiger partial charge is 0.263 e. The van der Waals surface area contributed by atoms with Crippen molar-refractivity contribution < 1.29 is 22.5 Å². The number of anilines is 1.